The van der Waals surface area contributed by atoms with E-state index in [-0.39, 0.29) is 36.0 Å². The molecule has 1 heterocycles. The molecule has 0 bridgehead atoms. The van der Waals surface area contributed by atoms with Crippen LogP contribution in [-0.2, 0) is 10.0 Å². The molecule has 0 aromatic heterocycles. The molecule has 8 nitrogen and oxygen atoms in total. The Balaban J connectivity index is 1.86. The van der Waals surface area contributed by atoms with E-state index >= 15 is 0 Å². The lowest BCUT2D eigenvalue weighted by Gasteiger charge is -2.55. The van der Waals surface area contributed by atoms with Gasteiger partial charge in [-0.15, -0.1) is 6.58 Å². The molecule has 0 saturated carbocycles. The van der Waals surface area contributed by atoms with Crippen molar-refractivity contribution in [2.45, 2.75) is 22.9 Å². The van der Waals surface area contributed by atoms with Crippen LogP contribution in [0, 0.1) is 10.1 Å². The molecule has 160 valence electrons. The number of aliphatic hydroxyl groups is 1. The molecule has 1 aliphatic heterocycles. The van der Waals surface area contributed by atoms with Crippen molar-refractivity contribution in [3.63, 3.8) is 0 Å². The highest BCUT2D eigenvalue weighted by molar-refractivity contribution is 9.10. The number of nitrogens with zero attached hydrogens (tertiary/aromatic N) is 2. The summed E-state index contributed by atoms with van der Waals surface area (Å²) in [7, 11) is -4.10. The molecule has 0 spiro atoms. The first kappa shape index (κ1) is 22.6. The Hall–Kier alpha value is -2.11. The Morgan fingerprint density at radius 2 is 1.87 bits per heavy atom. The molecule has 2 aromatic carbocycles. The van der Waals surface area contributed by atoms with Gasteiger partial charge < -0.3 is 5.11 Å². The Morgan fingerprint density at radius 3 is 2.47 bits per heavy atom. The van der Waals surface area contributed by atoms with E-state index in [1.54, 1.807) is 6.08 Å². The minimum Gasteiger partial charge on any atom is -0.395 e. The molecule has 3 atom stereocenters. The van der Waals surface area contributed by atoms with E-state index in [1.807, 2.05) is 29.2 Å². The summed E-state index contributed by atoms with van der Waals surface area (Å²) in [6.45, 7) is 4.18. The highest BCUT2D eigenvalue weighted by Crippen LogP contribution is 2.40. The van der Waals surface area contributed by atoms with Crippen LogP contribution in [0.2, 0.25) is 0 Å². The number of para-hydroxylation sites is 1. The van der Waals surface area contributed by atoms with Gasteiger partial charge in [0.2, 0.25) is 10.0 Å². The molecule has 0 aliphatic carbocycles. The first-order chi connectivity index (χ1) is 14.3. The van der Waals surface area contributed by atoms with Gasteiger partial charge in [0.15, 0.2) is 4.90 Å². The molecular weight excluding hydrogens is 474 g/mol. The highest BCUT2D eigenvalue weighted by Gasteiger charge is 2.48. The van der Waals surface area contributed by atoms with Gasteiger partial charge in [0.1, 0.15) is 0 Å². The number of nitrogens with one attached hydrogen (secondary N) is 1. The summed E-state index contributed by atoms with van der Waals surface area (Å²) >= 11 is 3.40. The van der Waals surface area contributed by atoms with E-state index in [4.69, 9.17) is 0 Å². The summed E-state index contributed by atoms with van der Waals surface area (Å²) < 4.78 is 29.0. The van der Waals surface area contributed by atoms with Crippen molar-refractivity contribution in [1.82, 2.24) is 9.62 Å². The van der Waals surface area contributed by atoms with Crippen LogP contribution in [0.5, 0.6) is 0 Å². The van der Waals surface area contributed by atoms with Crippen molar-refractivity contribution in [2.24, 2.45) is 0 Å². The number of halogens is 1. The fourth-order valence-corrected chi connectivity index (χ4v) is 5.42. The van der Waals surface area contributed by atoms with Crippen LogP contribution in [0.25, 0.3) is 0 Å². The molecule has 0 radical (unpaired) electrons. The number of nitro groups is 1. The first-order valence-corrected chi connectivity index (χ1v) is 11.5. The van der Waals surface area contributed by atoms with Crippen LogP contribution in [0.4, 0.5) is 5.69 Å². The molecule has 2 N–H and O–H groups in total. The summed E-state index contributed by atoms with van der Waals surface area (Å²) in [5.74, 6) is -0.100. The lowest BCUT2D eigenvalue weighted by molar-refractivity contribution is -0.387. The Morgan fingerprint density at radius 1 is 1.20 bits per heavy atom. The molecule has 0 unspecified atom stereocenters. The van der Waals surface area contributed by atoms with Crippen LogP contribution >= 0.6 is 15.9 Å². The number of sulfonamides is 1. The van der Waals surface area contributed by atoms with Crippen molar-refractivity contribution in [3.05, 3.63) is 81.3 Å². The standard InChI is InChI=1S/C20H22BrN3O5S/c1-2-11-23-17(20(18(23)13-25)14-7-9-15(21)10-8-14)12-22-30(28,29)19-6-4-3-5-16(19)24(26)27/h2-10,17-18,20,22,25H,1,11-13H2/t17-,18+,20-/m1/s1. The molecule has 30 heavy (non-hydrogen) atoms. The average Bonchev–Trinajstić information content (AvgIpc) is 2.72. The fourth-order valence-electron chi connectivity index (χ4n) is 3.93. The normalized spacial score (nSPS) is 21.7. The van der Waals surface area contributed by atoms with Gasteiger partial charge in [-0.3, -0.25) is 15.0 Å². The molecule has 1 aliphatic rings. The third-order valence-corrected chi connectivity index (χ3v) is 7.30. The second-order valence-corrected chi connectivity index (χ2v) is 9.61. The number of hydrogen-bond acceptors (Lipinski definition) is 6. The van der Waals surface area contributed by atoms with E-state index in [2.05, 4.69) is 27.2 Å². The van der Waals surface area contributed by atoms with E-state index in [0.717, 1.165) is 16.1 Å². The zero-order valence-corrected chi connectivity index (χ0v) is 18.4. The molecule has 0 amide bonds. The van der Waals surface area contributed by atoms with Crippen molar-refractivity contribution in [3.8, 4) is 0 Å². The van der Waals surface area contributed by atoms with Crippen LogP contribution in [0.3, 0.4) is 0 Å². The van der Waals surface area contributed by atoms with Gasteiger partial charge in [-0.25, -0.2) is 13.1 Å². The molecular formula is C20H22BrN3O5S. The van der Waals surface area contributed by atoms with E-state index < -0.39 is 20.6 Å². The lowest BCUT2D eigenvalue weighted by atomic mass is 9.75. The molecule has 1 saturated heterocycles. The number of hydrogen-bond donors (Lipinski definition) is 2. The zero-order valence-electron chi connectivity index (χ0n) is 16.0. The van der Waals surface area contributed by atoms with Gasteiger partial charge in [0.25, 0.3) is 5.69 Å². The second-order valence-electron chi connectivity index (χ2n) is 6.96. The van der Waals surface area contributed by atoms with Gasteiger partial charge in [-0.2, -0.15) is 0 Å². The zero-order chi connectivity index (χ0) is 21.9. The number of nitro benzene ring substituents is 1. The topological polar surface area (TPSA) is 113 Å². The largest absolute Gasteiger partial charge is 0.395 e. The second kappa shape index (κ2) is 9.36. The highest BCUT2D eigenvalue weighted by atomic mass is 79.9. The predicted molar refractivity (Wildman–Crippen MR) is 117 cm³/mol. The molecule has 2 aromatic rings. The maximum atomic E-state index is 12.8. The average molecular weight is 496 g/mol. The summed E-state index contributed by atoms with van der Waals surface area (Å²) in [6, 6.07) is 12.5. The van der Waals surface area contributed by atoms with Crippen LogP contribution < -0.4 is 4.72 Å². The summed E-state index contributed by atoms with van der Waals surface area (Å²) in [4.78, 5) is 12.1. The van der Waals surface area contributed by atoms with Gasteiger partial charge in [0.05, 0.1) is 11.5 Å². The van der Waals surface area contributed by atoms with Crippen LogP contribution in [-0.4, -0.2) is 55.1 Å². The van der Waals surface area contributed by atoms with Crippen LogP contribution in [0.15, 0.2) is 70.6 Å². The van der Waals surface area contributed by atoms with Gasteiger partial charge in [0, 0.05) is 41.6 Å². The maximum Gasteiger partial charge on any atom is 0.289 e. The lowest BCUT2D eigenvalue weighted by Crippen LogP contribution is -2.66. The van der Waals surface area contributed by atoms with Crippen molar-refractivity contribution in [2.75, 3.05) is 19.7 Å². The Kier molecular flexibility index (Phi) is 7.04. The van der Waals surface area contributed by atoms with E-state index in [1.165, 1.54) is 18.2 Å². The maximum absolute atomic E-state index is 12.8. The third kappa shape index (κ3) is 4.47. The monoisotopic (exact) mass is 495 g/mol. The summed E-state index contributed by atoms with van der Waals surface area (Å²) in [5, 5.41) is 21.1. The van der Waals surface area contributed by atoms with Gasteiger partial charge >= 0.3 is 0 Å². The Bertz CT molecular complexity index is 1030. The number of likely N-dealkylation sites (tertiary alicyclic amines) is 1. The van der Waals surface area contributed by atoms with Gasteiger partial charge in [-0.05, 0) is 23.8 Å². The number of rotatable bonds is 9. The number of benzene rings is 2. The molecule has 3 rings (SSSR count). The Labute approximate surface area is 183 Å². The smallest absolute Gasteiger partial charge is 0.289 e. The van der Waals surface area contributed by atoms with Crippen molar-refractivity contribution in [1.29, 1.82) is 0 Å². The predicted octanol–water partition coefficient (Wildman–Crippen LogP) is 2.65. The summed E-state index contributed by atoms with van der Waals surface area (Å²) in [6.07, 6.45) is 1.70. The third-order valence-electron chi connectivity index (χ3n) is 5.30. The first-order valence-electron chi connectivity index (χ1n) is 9.26. The van der Waals surface area contributed by atoms with E-state index in [9.17, 15) is 23.6 Å². The minimum absolute atomic E-state index is 0.0411. The van der Waals surface area contributed by atoms with Crippen molar-refractivity contribution >= 4 is 31.6 Å². The molecule has 1 fully saturated rings. The van der Waals surface area contributed by atoms with E-state index in [0.29, 0.717) is 6.54 Å². The van der Waals surface area contributed by atoms with Crippen LogP contribution in [0.1, 0.15) is 11.5 Å². The summed E-state index contributed by atoms with van der Waals surface area (Å²) in [5.41, 5.74) is 0.506. The van der Waals surface area contributed by atoms with Crippen molar-refractivity contribution < 1.29 is 18.4 Å². The number of aliphatic hydroxyl groups excluding tert-OH is 1. The fraction of sp³-hybridized carbons (Fsp3) is 0.300. The SMILES string of the molecule is C=CCN1[C@H](CNS(=O)(=O)c2ccccc2[N+](=O)[O-])[C@@H](c2ccc(Br)cc2)[C@@H]1CO. The quantitative estimate of drug-likeness (QED) is 0.314. The van der Waals surface area contributed by atoms with Gasteiger partial charge in [-0.1, -0.05) is 46.3 Å². The molecule has 10 heteroatoms. The minimum atomic E-state index is -4.10.